The summed E-state index contributed by atoms with van der Waals surface area (Å²) in [5.41, 5.74) is 8.17. The molecule has 0 N–H and O–H groups in total. The van der Waals surface area contributed by atoms with Crippen LogP contribution in [0.5, 0.6) is 0 Å². The summed E-state index contributed by atoms with van der Waals surface area (Å²) in [6.45, 7) is 14.7. The van der Waals surface area contributed by atoms with Crippen LogP contribution in [-0.4, -0.2) is 13.2 Å². The van der Waals surface area contributed by atoms with Crippen LogP contribution in [0.4, 0.5) is 0 Å². The third-order valence-electron chi connectivity index (χ3n) is 4.65. The van der Waals surface area contributed by atoms with Crippen molar-refractivity contribution in [2.45, 2.75) is 53.4 Å². The minimum atomic E-state index is 0.432. The molecular weight excluding hydrogens is 280 g/mol. The molecule has 2 aromatic carbocycles. The zero-order valence-electron chi connectivity index (χ0n) is 15.4. The molecule has 124 valence electrons. The number of benzene rings is 2. The Labute approximate surface area is 141 Å². The topological polar surface area (TPSA) is 9.23 Å². The van der Waals surface area contributed by atoms with Crippen molar-refractivity contribution in [3.8, 4) is 0 Å². The summed E-state index contributed by atoms with van der Waals surface area (Å²) >= 11 is 0. The molecule has 0 fully saturated rings. The molecule has 0 amide bonds. The van der Waals surface area contributed by atoms with Gasteiger partial charge >= 0.3 is 0 Å². The first-order valence-electron chi connectivity index (χ1n) is 8.60. The highest BCUT2D eigenvalue weighted by Gasteiger charge is 2.12. The fourth-order valence-corrected chi connectivity index (χ4v) is 3.36. The Morgan fingerprint density at radius 1 is 0.696 bits per heavy atom. The second-order valence-corrected chi connectivity index (χ2v) is 7.06. The van der Waals surface area contributed by atoms with E-state index in [1.807, 2.05) is 0 Å². The van der Waals surface area contributed by atoms with Crippen molar-refractivity contribution < 1.29 is 4.74 Å². The standard InChI is InChI=1S/C22H30O/c1-15-7-9-21(17(3)11-15)19(5)13-23-14-20(6)22-10-8-16(2)12-18(22)4/h7-12,19-20H,13-14H2,1-6H3. The van der Waals surface area contributed by atoms with E-state index >= 15 is 0 Å². The lowest BCUT2D eigenvalue weighted by molar-refractivity contribution is 0.113. The average Bonchev–Trinajstić information content (AvgIpc) is 2.46. The summed E-state index contributed by atoms with van der Waals surface area (Å²) in [6, 6.07) is 13.4. The van der Waals surface area contributed by atoms with Gasteiger partial charge in [-0.05, 0) is 49.9 Å². The Morgan fingerprint density at radius 3 is 1.43 bits per heavy atom. The first kappa shape index (κ1) is 17.7. The predicted octanol–water partition coefficient (Wildman–Crippen LogP) is 5.84. The lowest BCUT2D eigenvalue weighted by atomic mass is 9.95. The number of ether oxygens (including phenoxy) is 1. The highest BCUT2D eigenvalue weighted by atomic mass is 16.5. The molecule has 23 heavy (non-hydrogen) atoms. The fraction of sp³-hybridized carbons (Fsp3) is 0.455. The zero-order valence-corrected chi connectivity index (χ0v) is 15.4. The van der Waals surface area contributed by atoms with Crippen molar-refractivity contribution in [2.24, 2.45) is 0 Å². The van der Waals surface area contributed by atoms with Crippen LogP contribution in [0.3, 0.4) is 0 Å². The van der Waals surface area contributed by atoms with Gasteiger partial charge < -0.3 is 4.74 Å². The maximum absolute atomic E-state index is 6.04. The molecule has 2 rings (SSSR count). The first-order chi connectivity index (χ1) is 10.9. The number of aryl methyl sites for hydroxylation is 4. The van der Waals surface area contributed by atoms with E-state index in [-0.39, 0.29) is 0 Å². The van der Waals surface area contributed by atoms with E-state index in [9.17, 15) is 0 Å². The van der Waals surface area contributed by atoms with Crippen molar-refractivity contribution in [2.75, 3.05) is 13.2 Å². The van der Waals surface area contributed by atoms with Crippen LogP contribution in [0.25, 0.3) is 0 Å². The Hall–Kier alpha value is -1.60. The summed E-state index contributed by atoms with van der Waals surface area (Å²) in [6.07, 6.45) is 0. The van der Waals surface area contributed by atoms with Crippen molar-refractivity contribution in [3.05, 3.63) is 69.8 Å². The van der Waals surface area contributed by atoms with Crippen LogP contribution in [0.1, 0.15) is 59.1 Å². The molecule has 0 saturated carbocycles. The monoisotopic (exact) mass is 310 g/mol. The van der Waals surface area contributed by atoms with Crippen LogP contribution < -0.4 is 0 Å². The van der Waals surface area contributed by atoms with Gasteiger partial charge in [0.2, 0.25) is 0 Å². The first-order valence-corrected chi connectivity index (χ1v) is 8.60. The van der Waals surface area contributed by atoms with E-state index in [0.717, 1.165) is 13.2 Å². The van der Waals surface area contributed by atoms with Gasteiger partial charge in [0.25, 0.3) is 0 Å². The van der Waals surface area contributed by atoms with Crippen LogP contribution in [0.15, 0.2) is 36.4 Å². The summed E-state index contributed by atoms with van der Waals surface area (Å²) in [5.74, 6) is 0.865. The minimum absolute atomic E-state index is 0.432. The largest absolute Gasteiger partial charge is 0.380 e. The second kappa shape index (κ2) is 7.79. The minimum Gasteiger partial charge on any atom is -0.380 e. The van der Waals surface area contributed by atoms with E-state index in [2.05, 4.69) is 77.9 Å². The van der Waals surface area contributed by atoms with Gasteiger partial charge in [0.15, 0.2) is 0 Å². The molecule has 0 saturated heterocycles. The van der Waals surface area contributed by atoms with Gasteiger partial charge in [-0.25, -0.2) is 0 Å². The fourth-order valence-electron chi connectivity index (χ4n) is 3.36. The smallest absolute Gasteiger partial charge is 0.0532 e. The average molecular weight is 310 g/mol. The van der Waals surface area contributed by atoms with Gasteiger partial charge in [-0.2, -0.15) is 0 Å². The summed E-state index contributed by atoms with van der Waals surface area (Å²) in [4.78, 5) is 0. The van der Waals surface area contributed by atoms with Crippen LogP contribution >= 0.6 is 0 Å². The number of hydrogen-bond donors (Lipinski definition) is 0. The van der Waals surface area contributed by atoms with Crippen molar-refractivity contribution >= 4 is 0 Å². The molecule has 2 aromatic rings. The van der Waals surface area contributed by atoms with Crippen LogP contribution in [0, 0.1) is 27.7 Å². The normalized spacial score (nSPS) is 13.8. The Kier molecular flexibility index (Phi) is 6.01. The molecule has 0 radical (unpaired) electrons. The molecule has 0 heterocycles. The maximum Gasteiger partial charge on any atom is 0.0532 e. The van der Waals surface area contributed by atoms with Crippen molar-refractivity contribution in [1.29, 1.82) is 0 Å². The highest BCUT2D eigenvalue weighted by Crippen LogP contribution is 2.24. The van der Waals surface area contributed by atoms with Crippen LogP contribution in [0.2, 0.25) is 0 Å². The molecule has 2 atom stereocenters. The van der Waals surface area contributed by atoms with Gasteiger partial charge in [-0.3, -0.25) is 0 Å². The van der Waals surface area contributed by atoms with Crippen LogP contribution in [-0.2, 0) is 4.74 Å². The number of rotatable bonds is 6. The van der Waals surface area contributed by atoms with E-state index in [1.54, 1.807) is 0 Å². The Morgan fingerprint density at radius 2 is 1.09 bits per heavy atom. The van der Waals surface area contributed by atoms with Gasteiger partial charge in [0.05, 0.1) is 13.2 Å². The lowest BCUT2D eigenvalue weighted by Crippen LogP contribution is -2.11. The van der Waals surface area contributed by atoms with Gasteiger partial charge in [-0.1, -0.05) is 61.4 Å². The van der Waals surface area contributed by atoms with Gasteiger partial charge in [-0.15, -0.1) is 0 Å². The zero-order chi connectivity index (χ0) is 17.0. The van der Waals surface area contributed by atoms with Gasteiger partial charge in [0.1, 0.15) is 0 Å². The quantitative estimate of drug-likeness (QED) is 0.651. The Bertz CT molecular complexity index is 600. The molecule has 0 spiro atoms. The Balaban J connectivity index is 1.91. The van der Waals surface area contributed by atoms with E-state index in [0.29, 0.717) is 11.8 Å². The second-order valence-electron chi connectivity index (χ2n) is 7.06. The SMILES string of the molecule is Cc1ccc(C(C)COCC(C)c2ccc(C)cc2C)c(C)c1. The third kappa shape index (κ3) is 4.68. The molecule has 1 heteroatoms. The maximum atomic E-state index is 6.04. The molecule has 0 aromatic heterocycles. The molecular formula is C22H30O. The molecule has 1 nitrogen and oxygen atoms in total. The molecule has 2 unspecified atom stereocenters. The molecule has 0 bridgehead atoms. The highest BCUT2D eigenvalue weighted by molar-refractivity contribution is 5.33. The predicted molar refractivity (Wildman–Crippen MR) is 99.5 cm³/mol. The number of hydrogen-bond acceptors (Lipinski definition) is 1. The van der Waals surface area contributed by atoms with Gasteiger partial charge in [0, 0.05) is 11.8 Å². The third-order valence-corrected chi connectivity index (χ3v) is 4.65. The lowest BCUT2D eigenvalue weighted by Gasteiger charge is -2.19. The summed E-state index contributed by atoms with van der Waals surface area (Å²) < 4.78 is 6.04. The molecule has 0 aliphatic carbocycles. The van der Waals surface area contributed by atoms with Crippen molar-refractivity contribution in [3.63, 3.8) is 0 Å². The van der Waals surface area contributed by atoms with E-state index in [1.165, 1.54) is 33.4 Å². The molecule has 0 aliphatic heterocycles. The summed E-state index contributed by atoms with van der Waals surface area (Å²) in [5, 5.41) is 0. The van der Waals surface area contributed by atoms with E-state index < -0.39 is 0 Å². The molecule has 0 aliphatic rings. The summed E-state index contributed by atoms with van der Waals surface area (Å²) in [7, 11) is 0. The van der Waals surface area contributed by atoms with E-state index in [4.69, 9.17) is 4.74 Å². The van der Waals surface area contributed by atoms with Crippen molar-refractivity contribution in [1.82, 2.24) is 0 Å².